The SMILES string of the molecule is CC[C@H](NC(=O)COC(=O)CCn1c(=O)oc2ccccc21)c1ccc(C)cc1. The van der Waals surface area contributed by atoms with E-state index in [4.69, 9.17) is 9.15 Å². The van der Waals surface area contributed by atoms with Crippen molar-refractivity contribution in [1.29, 1.82) is 0 Å². The van der Waals surface area contributed by atoms with Crippen LogP contribution in [0.5, 0.6) is 0 Å². The van der Waals surface area contributed by atoms with Crippen molar-refractivity contribution in [1.82, 2.24) is 9.88 Å². The highest BCUT2D eigenvalue weighted by Crippen LogP contribution is 2.17. The summed E-state index contributed by atoms with van der Waals surface area (Å²) in [6.45, 7) is 3.74. The Labute approximate surface area is 168 Å². The molecule has 0 aliphatic heterocycles. The van der Waals surface area contributed by atoms with E-state index in [0.29, 0.717) is 11.1 Å². The number of benzene rings is 2. The highest BCUT2D eigenvalue weighted by atomic mass is 16.5. The standard InChI is InChI=1S/C22H24N2O5/c1-3-17(16-10-8-15(2)9-11-16)23-20(25)14-28-21(26)12-13-24-18-6-4-5-7-19(18)29-22(24)27/h4-11,17H,3,12-14H2,1-2H3,(H,23,25)/t17-/m0/s1. The second kappa shape index (κ2) is 9.23. The summed E-state index contributed by atoms with van der Waals surface area (Å²) in [5.41, 5.74) is 3.23. The van der Waals surface area contributed by atoms with E-state index in [0.717, 1.165) is 17.5 Å². The number of amides is 1. The molecule has 0 unspecified atom stereocenters. The number of rotatable bonds is 8. The second-order valence-corrected chi connectivity index (χ2v) is 6.84. The van der Waals surface area contributed by atoms with E-state index < -0.39 is 11.7 Å². The van der Waals surface area contributed by atoms with Gasteiger partial charge in [0.15, 0.2) is 12.2 Å². The Kier molecular flexibility index (Phi) is 6.49. The Morgan fingerprint density at radius 1 is 1.14 bits per heavy atom. The number of hydrogen-bond acceptors (Lipinski definition) is 5. The van der Waals surface area contributed by atoms with Gasteiger partial charge in [0.2, 0.25) is 0 Å². The lowest BCUT2D eigenvalue weighted by molar-refractivity contribution is -0.149. The fourth-order valence-corrected chi connectivity index (χ4v) is 3.10. The molecular formula is C22H24N2O5. The monoisotopic (exact) mass is 396 g/mol. The number of para-hydroxylation sites is 2. The van der Waals surface area contributed by atoms with Crippen molar-refractivity contribution in [3.05, 3.63) is 70.2 Å². The third kappa shape index (κ3) is 5.13. The molecule has 29 heavy (non-hydrogen) atoms. The zero-order valence-corrected chi connectivity index (χ0v) is 16.5. The highest BCUT2D eigenvalue weighted by molar-refractivity contribution is 5.81. The maximum Gasteiger partial charge on any atom is 0.419 e. The lowest BCUT2D eigenvalue weighted by Crippen LogP contribution is -2.32. The average Bonchev–Trinajstić information content (AvgIpc) is 3.04. The first-order valence-electron chi connectivity index (χ1n) is 9.58. The average molecular weight is 396 g/mol. The molecule has 1 aromatic heterocycles. The largest absolute Gasteiger partial charge is 0.456 e. The lowest BCUT2D eigenvalue weighted by atomic mass is 10.0. The third-order valence-electron chi connectivity index (χ3n) is 4.70. The minimum absolute atomic E-state index is 0.0358. The molecule has 0 spiro atoms. The summed E-state index contributed by atoms with van der Waals surface area (Å²) in [4.78, 5) is 36.1. The van der Waals surface area contributed by atoms with Crippen LogP contribution in [0.3, 0.4) is 0 Å². The summed E-state index contributed by atoms with van der Waals surface area (Å²) < 4.78 is 11.6. The molecule has 7 nitrogen and oxygen atoms in total. The molecule has 0 bridgehead atoms. The van der Waals surface area contributed by atoms with Gasteiger partial charge in [-0.3, -0.25) is 14.2 Å². The Hall–Kier alpha value is -3.35. The van der Waals surface area contributed by atoms with Gasteiger partial charge in [0.25, 0.3) is 5.91 Å². The Balaban J connectivity index is 1.49. The summed E-state index contributed by atoms with van der Waals surface area (Å²) in [6, 6.07) is 14.8. The van der Waals surface area contributed by atoms with Crippen LogP contribution < -0.4 is 11.1 Å². The quantitative estimate of drug-likeness (QED) is 0.591. The third-order valence-corrected chi connectivity index (χ3v) is 4.70. The summed E-state index contributed by atoms with van der Waals surface area (Å²) in [7, 11) is 0. The molecule has 1 atom stereocenters. The number of aryl methyl sites for hydroxylation is 2. The molecule has 0 aliphatic carbocycles. The van der Waals surface area contributed by atoms with Crippen LogP contribution in [-0.4, -0.2) is 23.1 Å². The molecule has 3 aromatic rings. The van der Waals surface area contributed by atoms with Crippen molar-refractivity contribution in [3.63, 3.8) is 0 Å². The number of oxazole rings is 1. The zero-order valence-electron chi connectivity index (χ0n) is 16.5. The van der Waals surface area contributed by atoms with Gasteiger partial charge in [-0.15, -0.1) is 0 Å². The number of esters is 1. The molecule has 3 rings (SSSR count). The van der Waals surface area contributed by atoms with Gasteiger partial charge in [-0.25, -0.2) is 4.79 Å². The van der Waals surface area contributed by atoms with E-state index in [-0.39, 0.29) is 31.5 Å². The number of carbonyl (C=O) groups is 2. The van der Waals surface area contributed by atoms with E-state index in [9.17, 15) is 14.4 Å². The van der Waals surface area contributed by atoms with Gasteiger partial charge in [-0.2, -0.15) is 0 Å². The molecule has 0 saturated carbocycles. The van der Waals surface area contributed by atoms with Crippen LogP contribution in [-0.2, 0) is 20.9 Å². The molecule has 0 saturated heterocycles. The minimum atomic E-state index is -0.555. The summed E-state index contributed by atoms with van der Waals surface area (Å²) >= 11 is 0. The number of carbonyl (C=O) groups excluding carboxylic acids is 2. The maximum absolute atomic E-state index is 12.2. The fourth-order valence-electron chi connectivity index (χ4n) is 3.10. The first kappa shape index (κ1) is 20.4. The van der Waals surface area contributed by atoms with Crippen LogP contribution in [0.15, 0.2) is 57.7 Å². The van der Waals surface area contributed by atoms with Gasteiger partial charge in [0, 0.05) is 6.54 Å². The van der Waals surface area contributed by atoms with Crippen molar-refractivity contribution in [2.75, 3.05) is 6.61 Å². The van der Waals surface area contributed by atoms with Crippen molar-refractivity contribution < 1.29 is 18.7 Å². The predicted molar refractivity (Wildman–Crippen MR) is 108 cm³/mol. The van der Waals surface area contributed by atoms with Gasteiger partial charge in [-0.05, 0) is 31.0 Å². The van der Waals surface area contributed by atoms with Crippen LogP contribution in [0, 0.1) is 6.92 Å². The molecule has 0 fully saturated rings. The van der Waals surface area contributed by atoms with Crippen LogP contribution >= 0.6 is 0 Å². The maximum atomic E-state index is 12.2. The normalized spacial score (nSPS) is 11.9. The molecule has 1 N–H and O–H groups in total. The predicted octanol–water partition coefficient (Wildman–Crippen LogP) is 3.10. The lowest BCUT2D eigenvalue weighted by Gasteiger charge is -2.17. The van der Waals surface area contributed by atoms with E-state index >= 15 is 0 Å². The van der Waals surface area contributed by atoms with Crippen molar-refractivity contribution in [2.24, 2.45) is 0 Å². The fraction of sp³-hybridized carbons (Fsp3) is 0.318. The van der Waals surface area contributed by atoms with E-state index in [1.165, 1.54) is 4.57 Å². The Morgan fingerprint density at radius 3 is 2.59 bits per heavy atom. The summed E-state index contributed by atoms with van der Waals surface area (Å²) in [5.74, 6) is -1.45. The van der Waals surface area contributed by atoms with Crippen LogP contribution in [0.25, 0.3) is 11.1 Å². The highest BCUT2D eigenvalue weighted by Gasteiger charge is 2.15. The summed E-state index contributed by atoms with van der Waals surface area (Å²) in [6.07, 6.45) is 0.686. The van der Waals surface area contributed by atoms with Gasteiger partial charge in [0.1, 0.15) is 0 Å². The minimum Gasteiger partial charge on any atom is -0.456 e. The van der Waals surface area contributed by atoms with Crippen LogP contribution in [0.4, 0.5) is 0 Å². The van der Waals surface area contributed by atoms with Crippen molar-refractivity contribution in [3.8, 4) is 0 Å². The van der Waals surface area contributed by atoms with Gasteiger partial charge < -0.3 is 14.5 Å². The van der Waals surface area contributed by atoms with Crippen molar-refractivity contribution >= 4 is 23.0 Å². The van der Waals surface area contributed by atoms with E-state index in [2.05, 4.69) is 5.32 Å². The molecule has 2 aromatic carbocycles. The van der Waals surface area contributed by atoms with Crippen LogP contribution in [0.2, 0.25) is 0 Å². The number of aromatic nitrogens is 1. The molecular weight excluding hydrogens is 372 g/mol. The molecule has 1 heterocycles. The van der Waals surface area contributed by atoms with Gasteiger partial charge in [-0.1, -0.05) is 48.9 Å². The van der Waals surface area contributed by atoms with Crippen LogP contribution in [0.1, 0.15) is 36.9 Å². The number of nitrogens with zero attached hydrogens (tertiary/aromatic N) is 1. The zero-order chi connectivity index (χ0) is 20.8. The molecule has 1 amide bonds. The van der Waals surface area contributed by atoms with E-state index in [1.54, 1.807) is 24.3 Å². The Morgan fingerprint density at radius 2 is 1.86 bits per heavy atom. The topological polar surface area (TPSA) is 90.5 Å². The number of hydrogen-bond donors (Lipinski definition) is 1. The first-order valence-corrected chi connectivity index (χ1v) is 9.58. The Bertz CT molecular complexity index is 1050. The first-order chi connectivity index (χ1) is 14.0. The molecule has 0 radical (unpaired) electrons. The molecule has 7 heteroatoms. The van der Waals surface area contributed by atoms with Crippen molar-refractivity contribution in [2.45, 2.75) is 39.3 Å². The summed E-state index contributed by atoms with van der Waals surface area (Å²) in [5, 5.41) is 2.87. The molecule has 0 aliphatic rings. The number of fused-ring (bicyclic) bond motifs is 1. The smallest absolute Gasteiger partial charge is 0.419 e. The molecule has 152 valence electrons. The number of ether oxygens (including phenoxy) is 1. The van der Waals surface area contributed by atoms with Gasteiger partial charge in [0.05, 0.1) is 18.0 Å². The number of nitrogens with one attached hydrogen (secondary N) is 1. The van der Waals surface area contributed by atoms with Gasteiger partial charge >= 0.3 is 11.7 Å². The second-order valence-electron chi connectivity index (χ2n) is 6.84. The van der Waals surface area contributed by atoms with E-state index in [1.807, 2.05) is 38.1 Å².